The number of rotatable bonds is 3. The number of halogens is 1. The van der Waals surface area contributed by atoms with Crippen LogP contribution in [0.3, 0.4) is 0 Å². The van der Waals surface area contributed by atoms with Gasteiger partial charge in [0.1, 0.15) is 11.8 Å². The van der Waals surface area contributed by atoms with E-state index < -0.39 is 0 Å². The summed E-state index contributed by atoms with van der Waals surface area (Å²) < 4.78 is 0. The molecule has 0 aliphatic carbocycles. The van der Waals surface area contributed by atoms with Gasteiger partial charge >= 0.3 is 0 Å². The van der Waals surface area contributed by atoms with Crippen molar-refractivity contribution in [1.82, 2.24) is 19.9 Å². The third-order valence-corrected chi connectivity index (χ3v) is 2.69. The van der Waals surface area contributed by atoms with Crippen LogP contribution in [0, 0.1) is 0 Å². The standard InChI is InChI=1S/C13H12N6O.ClH/c1-8(20)18-9-2-4-10(5-3-9)19-13-11-12(15-6-14-11)16-7-17-13;/h2-7H,1H3,(H,18,20)(H2,14,15,16,17,19);1H. The Morgan fingerprint density at radius 3 is 2.52 bits per heavy atom. The molecule has 1 amide bonds. The van der Waals surface area contributed by atoms with Crippen molar-refractivity contribution < 1.29 is 4.79 Å². The van der Waals surface area contributed by atoms with Gasteiger partial charge < -0.3 is 15.6 Å². The summed E-state index contributed by atoms with van der Waals surface area (Å²) in [6.07, 6.45) is 3.03. The van der Waals surface area contributed by atoms with E-state index in [2.05, 4.69) is 30.6 Å². The summed E-state index contributed by atoms with van der Waals surface area (Å²) >= 11 is 0. The Morgan fingerprint density at radius 1 is 1.10 bits per heavy atom. The third-order valence-electron chi connectivity index (χ3n) is 2.69. The van der Waals surface area contributed by atoms with Crippen molar-refractivity contribution in [3.05, 3.63) is 36.9 Å². The summed E-state index contributed by atoms with van der Waals surface area (Å²) in [5, 5.41) is 5.89. The molecule has 0 radical (unpaired) electrons. The number of hydrogen-bond donors (Lipinski definition) is 3. The molecule has 108 valence electrons. The number of nitrogens with zero attached hydrogens (tertiary/aromatic N) is 3. The molecule has 8 heteroatoms. The minimum atomic E-state index is -0.0966. The van der Waals surface area contributed by atoms with Crippen LogP contribution in [-0.2, 0) is 4.79 Å². The first-order valence-corrected chi connectivity index (χ1v) is 6.01. The van der Waals surface area contributed by atoms with Gasteiger partial charge in [-0.1, -0.05) is 0 Å². The smallest absolute Gasteiger partial charge is 0.221 e. The van der Waals surface area contributed by atoms with E-state index in [0.29, 0.717) is 11.5 Å². The van der Waals surface area contributed by atoms with Gasteiger partial charge in [0.25, 0.3) is 0 Å². The molecule has 0 spiro atoms. The van der Waals surface area contributed by atoms with E-state index in [9.17, 15) is 4.79 Å². The van der Waals surface area contributed by atoms with Gasteiger partial charge in [-0.05, 0) is 24.3 Å². The van der Waals surface area contributed by atoms with Crippen LogP contribution in [0.2, 0.25) is 0 Å². The average Bonchev–Trinajstić information content (AvgIpc) is 2.90. The molecule has 3 rings (SSSR count). The van der Waals surface area contributed by atoms with Crippen molar-refractivity contribution in [3.8, 4) is 0 Å². The number of imidazole rings is 1. The number of aromatic amines is 1. The zero-order valence-electron chi connectivity index (χ0n) is 11.1. The summed E-state index contributed by atoms with van der Waals surface area (Å²) in [6.45, 7) is 1.47. The van der Waals surface area contributed by atoms with E-state index in [1.807, 2.05) is 24.3 Å². The molecule has 1 aromatic carbocycles. The Labute approximate surface area is 126 Å². The predicted octanol–water partition coefficient (Wildman–Crippen LogP) is 2.48. The molecule has 3 aromatic rings. The van der Waals surface area contributed by atoms with E-state index >= 15 is 0 Å². The van der Waals surface area contributed by atoms with Crippen molar-refractivity contribution in [3.63, 3.8) is 0 Å². The number of amides is 1. The van der Waals surface area contributed by atoms with Gasteiger partial charge in [0.05, 0.1) is 6.33 Å². The van der Waals surface area contributed by atoms with Gasteiger partial charge in [-0.2, -0.15) is 0 Å². The molecular formula is C13H13ClN6O. The Kier molecular flexibility index (Phi) is 4.34. The fourth-order valence-corrected chi connectivity index (χ4v) is 1.84. The summed E-state index contributed by atoms with van der Waals surface area (Å²) in [6, 6.07) is 7.34. The van der Waals surface area contributed by atoms with Crippen LogP contribution < -0.4 is 10.6 Å². The fraction of sp³-hybridized carbons (Fsp3) is 0.0769. The lowest BCUT2D eigenvalue weighted by molar-refractivity contribution is -0.114. The van der Waals surface area contributed by atoms with Gasteiger partial charge in [-0.25, -0.2) is 15.0 Å². The Hall–Kier alpha value is -2.67. The van der Waals surface area contributed by atoms with Crippen LogP contribution in [0.5, 0.6) is 0 Å². The highest BCUT2D eigenvalue weighted by Gasteiger charge is 2.05. The molecule has 0 saturated carbocycles. The first-order chi connectivity index (χ1) is 9.72. The van der Waals surface area contributed by atoms with Crippen molar-refractivity contribution in [2.45, 2.75) is 6.92 Å². The zero-order valence-corrected chi connectivity index (χ0v) is 11.9. The summed E-state index contributed by atoms with van der Waals surface area (Å²) in [5.41, 5.74) is 2.96. The van der Waals surface area contributed by atoms with Gasteiger partial charge in [0.2, 0.25) is 5.91 Å². The second-order valence-corrected chi connectivity index (χ2v) is 4.21. The van der Waals surface area contributed by atoms with E-state index in [1.165, 1.54) is 13.3 Å². The fourth-order valence-electron chi connectivity index (χ4n) is 1.84. The number of carbonyl (C=O) groups excluding carboxylic acids is 1. The molecule has 2 aromatic heterocycles. The molecule has 0 aliphatic heterocycles. The lowest BCUT2D eigenvalue weighted by atomic mass is 10.2. The molecule has 0 fully saturated rings. The highest BCUT2D eigenvalue weighted by Crippen LogP contribution is 2.21. The predicted molar refractivity (Wildman–Crippen MR) is 83.0 cm³/mol. The number of nitrogens with one attached hydrogen (secondary N) is 3. The van der Waals surface area contributed by atoms with Crippen LogP contribution in [0.25, 0.3) is 11.2 Å². The maximum absolute atomic E-state index is 11.0. The van der Waals surface area contributed by atoms with E-state index in [1.54, 1.807) is 6.33 Å². The second-order valence-electron chi connectivity index (χ2n) is 4.21. The quantitative estimate of drug-likeness (QED) is 0.691. The van der Waals surface area contributed by atoms with Crippen LogP contribution in [0.4, 0.5) is 17.2 Å². The maximum atomic E-state index is 11.0. The topological polar surface area (TPSA) is 95.6 Å². The number of H-pyrrole nitrogens is 1. The van der Waals surface area contributed by atoms with Gasteiger partial charge in [-0.3, -0.25) is 4.79 Å². The molecule has 0 bridgehead atoms. The molecule has 0 aliphatic rings. The highest BCUT2D eigenvalue weighted by molar-refractivity contribution is 5.89. The van der Waals surface area contributed by atoms with Crippen LogP contribution in [0.15, 0.2) is 36.9 Å². The largest absolute Gasteiger partial charge is 0.340 e. The molecule has 21 heavy (non-hydrogen) atoms. The first-order valence-electron chi connectivity index (χ1n) is 6.01. The minimum absolute atomic E-state index is 0. The number of fused-ring (bicyclic) bond motifs is 1. The molecule has 2 heterocycles. The van der Waals surface area contributed by atoms with E-state index in [0.717, 1.165) is 16.9 Å². The average molecular weight is 305 g/mol. The maximum Gasteiger partial charge on any atom is 0.221 e. The van der Waals surface area contributed by atoms with Crippen LogP contribution in [0.1, 0.15) is 6.92 Å². The molecule has 3 N–H and O–H groups in total. The summed E-state index contributed by atoms with van der Waals surface area (Å²) in [4.78, 5) is 26.2. The summed E-state index contributed by atoms with van der Waals surface area (Å²) in [5.74, 6) is 0.556. The van der Waals surface area contributed by atoms with Gasteiger partial charge in [0, 0.05) is 18.3 Å². The Balaban J connectivity index is 0.00000161. The molecule has 0 unspecified atom stereocenters. The zero-order chi connectivity index (χ0) is 13.9. The third kappa shape index (κ3) is 3.26. The van der Waals surface area contributed by atoms with Crippen molar-refractivity contribution in [2.75, 3.05) is 10.6 Å². The number of carbonyl (C=O) groups is 1. The molecule has 7 nitrogen and oxygen atoms in total. The summed E-state index contributed by atoms with van der Waals surface area (Å²) in [7, 11) is 0. The second kappa shape index (κ2) is 6.19. The van der Waals surface area contributed by atoms with E-state index in [4.69, 9.17) is 0 Å². The van der Waals surface area contributed by atoms with Crippen LogP contribution >= 0.6 is 12.4 Å². The molecule has 0 saturated heterocycles. The monoisotopic (exact) mass is 304 g/mol. The van der Waals surface area contributed by atoms with E-state index in [-0.39, 0.29) is 18.3 Å². The Bertz CT molecular complexity index is 755. The lowest BCUT2D eigenvalue weighted by Gasteiger charge is -2.07. The number of hydrogen-bond acceptors (Lipinski definition) is 5. The normalized spacial score (nSPS) is 9.95. The minimum Gasteiger partial charge on any atom is -0.340 e. The molecular weight excluding hydrogens is 292 g/mol. The van der Waals surface area contributed by atoms with Gasteiger partial charge in [0.15, 0.2) is 11.5 Å². The highest BCUT2D eigenvalue weighted by atomic mass is 35.5. The number of benzene rings is 1. The Morgan fingerprint density at radius 2 is 1.81 bits per heavy atom. The van der Waals surface area contributed by atoms with Crippen molar-refractivity contribution in [2.24, 2.45) is 0 Å². The van der Waals surface area contributed by atoms with Crippen LogP contribution in [-0.4, -0.2) is 25.8 Å². The first kappa shape index (κ1) is 14.7. The van der Waals surface area contributed by atoms with Crippen molar-refractivity contribution >= 4 is 46.7 Å². The van der Waals surface area contributed by atoms with Gasteiger partial charge in [-0.15, -0.1) is 12.4 Å². The lowest BCUT2D eigenvalue weighted by Crippen LogP contribution is -2.05. The number of aromatic nitrogens is 4. The number of anilines is 3. The van der Waals surface area contributed by atoms with Crippen molar-refractivity contribution in [1.29, 1.82) is 0 Å². The SMILES string of the molecule is CC(=O)Nc1ccc(Nc2ncnc3nc[nH]c23)cc1.Cl. The molecule has 0 atom stereocenters.